The molecule has 2 heterocycles. The highest BCUT2D eigenvalue weighted by Gasteiger charge is 2.13. The fourth-order valence-corrected chi connectivity index (χ4v) is 2.15. The molecule has 3 aromatic rings. The maximum absolute atomic E-state index is 5.60. The molecule has 0 radical (unpaired) electrons. The predicted octanol–water partition coefficient (Wildman–Crippen LogP) is 2.65. The van der Waals surface area contributed by atoms with Gasteiger partial charge in [0.1, 0.15) is 0 Å². The van der Waals surface area contributed by atoms with Crippen molar-refractivity contribution in [3.8, 4) is 11.6 Å². The first-order chi connectivity index (χ1) is 8.90. The average Bonchev–Trinajstić information content (AvgIpc) is 3.03. The summed E-state index contributed by atoms with van der Waals surface area (Å²) in [5, 5.41) is 0. The lowest BCUT2D eigenvalue weighted by molar-refractivity contribution is 0.567. The van der Waals surface area contributed by atoms with Gasteiger partial charge in [-0.2, -0.15) is 0 Å². The number of nitrogens with zero attached hydrogens (tertiary/aromatic N) is 2. The van der Waals surface area contributed by atoms with Crippen LogP contribution in [0.1, 0.15) is 6.42 Å². The Morgan fingerprint density at radius 2 is 2.06 bits per heavy atom. The first-order valence-corrected chi connectivity index (χ1v) is 6.09. The number of nitrogens with two attached hydrogens (primary N) is 1. The molecule has 0 amide bonds. The van der Waals surface area contributed by atoms with Gasteiger partial charge in [-0.3, -0.25) is 0 Å². The van der Waals surface area contributed by atoms with Gasteiger partial charge in [-0.25, -0.2) is 4.98 Å². The average molecular weight is 241 g/mol. The molecule has 4 nitrogen and oxygen atoms in total. The number of aromatic nitrogens is 2. The van der Waals surface area contributed by atoms with Gasteiger partial charge in [0.25, 0.3) is 0 Å². The number of fused-ring (bicyclic) bond motifs is 1. The van der Waals surface area contributed by atoms with Crippen LogP contribution < -0.4 is 5.73 Å². The molecule has 2 N–H and O–H groups in total. The van der Waals surface area contributed by atoms with Crippen molar-refractivity contribution in [1.82, 2.24) is 9.55 Å². The SMILES string of the molecule is NCCCn1c(-c2ccco2)nc2ccccc21. The van der Waals surface area contributed by atoms with E-state index < -0.39 is 0 Å². The van der Waals surface area contributed by atoms with Gasteiger partial charge >= 0.3 is 0 Å². The number of imidazole rings is 1. The summed E-state index contributed by atoms with van der Waals surface area (Å²) in [7, 11) is 0. The van der Waals surface area contributed by atoms with Gasteiger partial charge in [0.05, 0.1) is 17.3 Å². The fourth-order valence-electron chi connectivity index (χ4n) is 2.15. The lowest BCUT2D eigenvalue weighted by atomic mass is 10.3. The second kappa shape index (κ2) is 4.66. The molecular formula is C14H15N3O. The first kappa shape index (κ1) is 11.0. The number of aryl methyl sites for hydroxylation is 1. The van der Waals surface area contributed by atoms with Gasteiger partial charge in [-0.05, 0) is 37.2 Å². The van der Waals surface area contributed by atoms with Crippen molar-refractivity contribution >= 4 is 11.0 Å². The van der Waals surface area contributed by atoms with Crippen molar-refractivity contribution < 1.29 is 4.42 Å². The van der Waals surface area contributed by atoms with Crippen LogP contribution in [0.4, 0.5) is 0 Å². The van der Waals surface area contributed by atoms with Gasteiger partial charge in [0.15, 0.2) is 11.6 Å². The zero-order valence-electron chi connectivity index (χ0n) is 10.0. The molecule has 0 aliphatic heterocycles. The smallest absolute Gasteiger partial charge is 0.177 e. The Balaban J connectivity index is 2.17. The van der Waals surface area contributed by atoms with E-state index in [2.05, 4.69) is 15.6 Å². The molecule has 0 bridgehead atoms. The Hall–Kier alpha value is -2.07. The van der Waals surface area contributed by atoms with Crippen LogP contribution >= 0.6 is 0 Å². The van der Waals surface area contributed by atoms with Gasteiger partial charge < -0.3 is 14.7 Å². The van der Waals surface area contributed by atoms with E-state index in [0.29, 0.717) is 6.54 Å². The Labute approximate surface area is 105 Å². The van der Waals surface area contributed by atoms with E-state index in [1.54, 1.807) is 6.26 Å². The molecule has 0 aliphatic carbocycles. The number of benzene rings is 1. The molecular weight excluding hydrogens is 226 g/mol. The summed E-state index contributed by atoms with van der Waals surface area (Å²) in [5.74, 6) is 1.66. The third-order valence-electron chi connectivity index (χ3n) is 2.98. The molecule has 4 heteroatoms. The minimum atomic E-state index is 0.671. The highest BCUT2D eigenvalue weighted by molar-refractivity contribution is 5.79. The van der Waals surface area contributed by atoms with Crippen molar-refractivity contribution in [3.63, 3.8) is 0 Å². The van der Waals surface area contributed by atoms with E-state index >= 15 is 0 Å². The van der Waals surface area contributed by atoms with Crippen LogP contribution in [0, 0.1) is 0 Å². The van der Waals surface area contributed by atoms with E-state index in [4.69, 9.17) is 10.2 Å². The first-order valence-electron chi connectivity index (χ1n) is 6.09. The number of para-hydroxylation sites is 2. The third-order valence-corrected chi connectivity index (χ3v) is 2.98. The van der Waals surface area contributed by atoms with Crippen LogP contribution in [0.15, 0.2) is 47.1 Å². The maximum atomic E-state index is 5.60. The molecule has 0 fully saturated rings. The second-order valence-corrected chi connectivity index (χ2v) is 4.20. The van der Waals surface area contributed by atoms with Gasteiger partial charge in [0, 0.05) is 6.54 Å². The summed E-state index contributed by atoms with van der Waals surface area (Å²) in [6.45, 7) is 1.52. The van der Waals surface area contributed by atoms with Crippen molar-refractivity contribution in [2.24, 2.45) is 5.73 Å². The third kappa shape index (κ3) is 1.80. The number of rotatable bonds is 4. The second-order valence-electron chi connectivity index (χ2n) is 4.20. The Bertz CT molecular complexity index is 640. The Morgan fingerprint density at radius 3 is 2.83 bits per heavy atom. The standard InChI is InChI=1S/C14H15N3O/c15-8-4-9-17-12-6-2-1-5-11(12)16-14(17)13-7-3-10-18-13/h1-3,5-7,10H,4,8-9,15H2. The maximum Gasteiger partial charge on any atom is 0.177 e. The largest absolute Gasteiger partial charge is 0.461 e. The number of hydrogen-bond donors (Lipinski definition) is 1. The summed E-state index contributed by atoms with van der Waals surface area (Å²) in [4.78, 5) is 4.64. The summed E-state index contributed by atoms with van der Waals surface area (Å²) >= 11 is 0. The van der Waals surface area contributed by atoms with Crippen LogP contribution in [-0.2, 0) is 6.54 Å². The molecule has 0 atom stereocenters. The predicted molar refractivity (Wildman–Crippen MR) is 71.1 cm³/mol. The van der Waals surface area contributed by atoms with Gasteiger partial charge in [-0.15, -0.1) is 0 Å². The number of furan rings is 1. The molecule has 18 heavy (non-hydrogen) atoms. The molecule has 0 saturated carbocycles. The zero-order valence-corrected chi connectivity index (χ0v) is 10.0. The van der Waals surface area contributed by atoms with Crippen molar-refractivity contribution in [3.05, 3.63) is 42.7 Å². The Kier molecular flexibility index (Phi) is 2.86. The molecule has 2 aromatic heterocycles. The Morgan fingerprint density at radius 1 is 1.17 bits per heavy atom. The van der Waals surface area contributed by atoms with Crippen molar-refractivity contribution in [2.45, 2.75) is 13.0 Å². The topological polar surface area (TPSA) is 57.0 Å². The van der Waals surface area contributed by atoms with Gasteiger partial charge in [-0.1, -0.05) is 12.1 Å². The molecule has 0 aliphatic rings. The lowest BCUT2D eigenvalue weighted by Gasteiger charge is -2.06. The normalized spacial score (nSPS) is 11.2. The molecule has 92 valence electrons. The lowest BCUT2D eigenvalue weighted by Crippen LogP contribution is -2.06. The summed E-state index contributed by atoms with van der Waals surface area (Å²) in [6.07, 6.45) is 2.59. The minimum Gasteiger partial charge on any atom is -0.461 e. The minimum absolute atomic E-state index is 0.671. The van der Waals surface area contributed by atoms with Crippen LogP contribution in [0.2, 0.25) is 0 Å². The summed E-state index contributed by atoms with van der Waals surface area (Å²) in [6, 6.07) is 11.9. The molecule has 0 unspecified atom stereocenters. The van der Waals surface area contributed by atoms with E-state index in [-0.39, 0.29) is 0 Å². The van der Waals surface area contributed by atoms with E-state index in [1.165, 1.54) is 0 Å². The van der Waals surface area contributed by atoms with Crippen LogP contribution in [0.3, 0.4) is 0 Å². The number of hydrogen-bond acceptors (Lipinski definition) is 3. The van der Waals surface area contributed by atoms with Crippen LogP contribution in [0.25, 0.3) is 22.6 Å². The van der Waals surface area contributed by atoms with Gasteiger partial charge in [0.2, 0.25) is 0 Å². The highest BCUT2D eigenvalue weighted by atomic mass is 16.3. The molecule has 1 aromatic carbocycles. The zero-order chi connectivity index (χ0) is 12.4. The summed E-state index contributed by atoms with van der Waals surface area (Å²) in [5.41, 5.74) is 7.71. The van der Waals surface area contributed by atoms with E-state index in [0.717, 1.165) is 35.6 Å². The molecule has 0 saturated heterocycles. The molecule has 0 spiro atoms. The van der Waals surface area contributed by atoms with Crippen molar-refractivity contribution in [2.75, 3.05) is 6.54 Å². The van der Waals surface area contributed by atoms with Crippen LogP contribution in [-0.4, -0.2) is 16.1 Å². The highest BCUT2D eigenvalue weighted by Crippen LogP contribution is 2.25. The molecule has 3 rings (SSSR count). The summed E-state index contributed by atoms with van der Waals surface area (Å²) < 4.78 is 7.62. The fraction of sp³-hybridized carbons (Fsp3) is 0.214. The van der Waals surface area contributed by atoms with E-state index in [9.17, 15) is 0 Å². The monoisotopic (exact) mass is 241 g/mol. The quantitative estimate of drug-likeness (QED) is 0.764. The van der Waals surface area contributed by atoms with E-state index in [1.807, 2.05) is 30.3 Å². The van der Waals surface area contributed by atoms with Crippen molar-refractivity contribution in [1.29, 1.82) is 0 Å². The van der Waals surface area contributed by atoms with Crippen LogP contribution in [0.5, 0.6) is 0 Å².